The molecule has 2 aromatic carbocycles. The van der Waals surface area contributed by atoms with Crippen molar-refractivity contribution in [2.75, 3.05) is 26.2 Å². The van der Waals surface area contributed by atoms with Crippen molar-refractivity contribution in [1.29, 1.82) is 0 Å². The first-order valence-corrected chi connectivity index (χ1v) is 9.95. The number of benzene rings is 2. The highest BCUT2D eigenvalue weighted by Gasteiger charge is 2.20. The third kappa shape index (κ3) is 3.65. The molecule has 4 rings (SSSR count). The van der Waals surface area contributed by atoms with Gasteiger partial charge in [-0.2, -0.15) is 0 Å². The number of pyridine rings is 1. The van der Waals surface area contributed by atoms with E-state index in [1.807, 2.05) is 24.3 Å². The second kappa shape index (κ2) is 7.81. The van der Waals surface area contributed by atoms with Gasteiger partial charge in [0.25, 0.3) is 0 Å². The summed E-state index contributed by atoms with van der Waals surface area (Å²) in [5.41, 5.74) is 0.931. The van der Waals surface area contributed by atoms with Gasteiger partial charge in [-0.25, -0.2) is 4.98 Å². The lowest BCUT2D eigenvalue weighted by molar-refractivity contribution is 0.140. The van der Waals surface area contributed by atoms with Crippen LogP contribution in [0.3, 0.4) is 0 Å². The molecule has 1 aromatic heterocycles. The van der Waals surface area contributed by atoms with Crippen LogP contribution >= 0.6 is 11.6 Å². The maximum atomic E-state index is 6.23. The summed E-state index contributed by atoms with van der Waals surface area (Å²) >= 11 is 6.19. The summed E-state index contributed by atoms with van der Waals surface area (Å²) in [4.78, 5) is 7.34. The van der Waals surface area contributed by atoms with E-state index in [0.717, 1.165) is 39.2 Å². The highest BCUT2D eigenvalue weighted by molar-refractivity contribution is 6.31. The molecule has 136 valence electrons. The number of fused-ring (bicyclic) bond motifs is 3. The van der Waals surface area contributed by atoms with Gasteiger partial charge in [-0.05, 0) is 74.5 Å². The molecule has 0 saturated carbocycles. The second-order valence-electron chi connectivity index (χ2n) is 7.22. The largest absolute Gasteiger partial charge is 0.477 e. The molecule has 0 atom stereocenters. The van der Waals surface area contributed by atoms with Crippen LogP contribution in [0.15, 0.2) is 42.5 Å². The van der Waals surface area contributed by atoms with Gasteiger partial charge in [0.1, 0.15) is 0 Å². The topological polar surface area (TPSA) is 25.4 Å². The molecule has 0 radical (unpaired) electrons. The zero-order valence-corrected chi connectivity index (χ0v) is 16.0. The molecule has 3 nitrogen and oxygen atoms in total. The minimum Gasteiger partial charge on any atom is -0.477 e. The van der Waals surface area contributed by atoms with E-state index >= 15 is 0 Å². The Hall–Kier alpha value is -1.84. The lowest BCUT2D eigenvalue weighted by Gasteiger charge is -2.31. The summed E-state index contributed by atoms with van der Waals surface area (Å²) in [6.45, 7) is 6.58. The van der Waals surface area contributed by atoms with Gasteiger partial charge >= 0.3 is 0 Å². The van der Waals surface area contributed by atoms with Gasteiger partial charge in [-0.1, -0.05) is 36.7 Å². The smallest absolute Gasteiger partial charge is 0.221 e. The van der Waals surface area contributed by atoms with Crippen LogP contribution in [0.25, 0.3) is 21.7 Å². The number of halogens is 1. The summed E-state index contributed by atoms with van der Waals surface area (Å²) in [6, 6.07) is 14.1. The molecule has 1 aliphatic rings. The fourth-order valence-electron chi connectivity index (χ4n) is 3.90. The van der Waals surface area contributed by atoms with Crippen molar-refractivity contribution in [3.8, 4) is 5.88 Å². The summed E-state index contributed by atoms with van der Waals surface area (Å²) < 4.78 is 6.23. The number of aromatic nitrogens is 1. The molecular weight excluding hydrogens is 344 g/mol. The quantitative estimate of drug-likeness (QED) is 0.552. The Morgan fingerprint density at radius 1 is 1.08 bits per heavy atom. The van der Waals surface area contributed by atoms with E-state index in [2.05, 4.69) is 30.0 Å². The van der Waals surface area contributed by atoms with Crippen LogP contribution in [0.5, 0.6) is 5.88 Å². The van der Waals surface area contributed by atoms with Crippen LogP contribution in [0.1, 0.15) is 26.2 Å². The van der Waals surface area contributed by atoms with E-state index in [1.54, 1.807) is 0 Å². The SMILES string of the molecule is CCCN1CCC(COc2nc3ccc(Cl)cc3c3ccccc23)CC1. The molecule has 0 spiro atoms. The van der Waals surface area contributed by atoms with Crippen molar-refractivity contribution in [2.24, 2.45) is 5.92 Å². The molecule has 1 fully saturated rings. The van der Waals surface area contributed by atoms with Gasteiger partial charge in [0, 0.05) is 15.8 Å². The standard InChI is InChI=1S/C22H25ClN2O/c1-2-11-25-12-9-16(10-13-25)15-26-22-19-6-4-3-5-18(19)20-14-17(23)7-8-21(20)24-22/h3-8,14,16H,2,9-13,15H2,1H3. The van der Waals surface area contributed by atoms with Crippen LogP contribution in [-0.2, 0) is 0 Å². The molecule has 26 heavy (non-hydrogen) atoms. The van der Waals surface area contributed by atoms with E-state index in [1.165, 1.54) is 38.9 Å². The van der Waals surface area contributed by atoms with Gasteiger partial charge in [-0.3, -0.25) is 0 Å². The zero-order valence-electron chi connectivity index (χ0n) is 15.2. The number of hydrogen-bond acceptors (Lipinski definition) is 3. The fourth-order valence-corrected chi connectivity index (χ4v) is 4.07. The van der Waals surface area contributed by atoms with Crippen molar-refractivity contribution in [3.63, 3.8) is 0 Å². The van der Waals surface area contributed by atoms with Crippen LogP contribution < -0.4 is 4.74 Å². The van der Waals surface area contributed by atoms with Crippen molar-refractivity contribution < 1.29 is 4.74 Å². The maximum Gasteiger partial charge on any atom is 0.221 e. The predicted octanol–water partition coefficient (Wildman–Crippen LogP) is 5.54. The van der Waals surface area contributed by atoms with Crippen molar-refractivity contribution >= 4 is 33.3 Å². The molecule has 1 aliphatic heterocycles. The van der Waals surface area contributed by atoms with Crippen LogP contribution in [0.4, 0.5) is 0 Å². The summed E-state index contributed by atoms with van der Waals surface area (Å²) in [6.07, 6.45) is 3.65. The molecule has 0 unspecified atom stereocenters. The van der Waals surface area contributed by atoms with Crippen molar-refractivity contribution in [2.45, 2.75) is 26.2 Å². The molecule has 0 amide bonds. The zero-order chi connectivity index (χ0) is 17.9. The number of ether oxygens (including phenoxy) is 1. The van der Waals surface area contributed by atoms with Crippen molar-refractivity contribution in [1.82, 2.24) is 9.88 Å². The molecule has 0 bridgehead atoms. The summed E-state index contributed by atoms with van der Waals surface area (Å²) in [5.74, 6) is 1.36. The molecule has 3 aromatic rings. The highest BCUT2D eigenvalue weighted by Crippen LogP contribution is 2.32. The van der Waals surface area contributed by atoms with Crippen molar-refractivity contribution in [3.05, 3.63) is 47.5 Å². The van der Waals surface area contributed by atoms with E-state index in [9.17, 15) is 0 Å². The number of piperidine rings is 1. The predicted molar refractivity (Wildman–Crippen MR) is 109 cm³/mol. The average molecular weight is 369 g/mol. The number of likely N-dealkylation sites (tertiary alicyclic amines) is 1. The Bertz CT molecular complexity index is 903. The maximum absolute atomic E-state index is 6.23. The Morgan fingerprint density at radius 2 is 1.85 bits per heavy atom. The van der Waals surface area contributed by atoms with Gasteiger partial charge < -0.3 is 9.64 Å². The summed E-state index contributed by atoms with van der Waals surface area (Å²) in [7, 11) is 0. The number of hydrogen-bond donors (Lipinski definition) is 0. The van der Waals surface area contributed by atoms with Crippen LogP contribution in [0.2, 0.25) is 5.02 Å². The molecule has 2 heterocycles. The van der Waals surface area contributed by atoms with Gasteiger partial charge in [0.2, 0.25) is 5.88 Å². The summed E-state index contributed by atoms with van der Waals surface area (Å²) in [5, 5.41) is 4.02. The third-order valence-electron chi connectivity index (χ3n) is 5.33. The van der Waals surface area contributed by atoms with Gasteiger partial charge in [-0.15, -0.1) is 0 Å². The number of nitrogens with zero attached hydrogens (tertiary/aromatic N) is 2. The van der Waals surface area contributed by atoms with E-state index in [0.29, 0.717) is 5.92 Å². The molecular formula is C22H25ClN2O. The molecule has 4 heteroatoms. The minimum absolute atomic E-state index is 0.615. The Balaban J connectivity index is 1.55. The van der Waals surface area contributed by atoms with E-state index in [4.69, 9.17) is 21.3 Å². The van der Waals surface area contributed by atoms with Crippen LogP contribution in [0, 0.1) is 5.92 Å². The highest BCUT2D eigenvalue weighted by atomic mass is 35.5. The van der Waals surface area contributed by atoms with E-state index < -0.39 is 0 Å². The first kappa shape index (κ1) is 17.6. The lowest BCUT2D eigenvalue weighted by atomic mass is 9.98. The third-order valence-corrected chi connectivity index (χ3v) is 5.57. The second-order valence-corrected chi connectivity index (χ2v) is 7.66. The van der Waals surface area contributed by atoms with Gasteiger partial charge in [0.15, 0.2) is 0 Å². The molecule has 0 N–H and O–H groups in total. The monoisotopic (exact) mass is 368 g/mol. The average Bonchev–Trinajstić information content (AvgIpc) is 2.68. The normalized spacial score (nSPS) is 16.4. The van der Waals surface area contributed by atoms with E-state index in [-0.39, 0.29) is 0 Å². The Kier molecular flexibility index (Phi) is 5.28. The molecule has 0 aliphatic carbocycles. The Morgan fingerprint density at radius 3 is 2.62 bits per heavy atom. The molecule has 1 saturated heterocycles. The minimum atomic E-state index is 0.615. The van der Waals surface area contributed by atoms with Gasteiger partial charge in [0.05, 0.1) is 12.1 Å². The first-order valence-electron chi connectivity index (χ1n) is 9.57. The fraction of sp³-hybridized carbons (Fsp3) is 0.409. The van der Waals surface area contributed by atoms with Crippen LogP contribution in [-0.4, -0.2) is 36.1 Å². The lowest BCUT2D eigenvalue weighted by Crippen LogP contribution is -2.35. The Labute approximate surface area is 159 Å². The number of rotatable bonds is 5. The first-order chi connectivity index (χ1) is 12.7.